The van der Waals surface area contributed by atoms with Gasteiger partial charge in [-0.2, -0.15) is 0 Å². The normalized spacial score (nSPS) is 29.6. The maximum atomic E-state index is 4.80. The molecule has 2 fully saturated rings. The second-order valence-electron chi connectivity index (χ2n) is 7.75. The molecule has 1 aromatic carbocycles. The molecule has 3 aliphatic heterocycles. The number of rotatable bonds is 3. The summed E-state index contributed by atoms with van der Waals surface area (Å²) in [4.78, 5) is 7.32. The number of hydrogen-bond acceptors (Lipinski definition) is 3. The van der Waals surface area contributed by atoms with E-state index in [1.165, 1.54) is 42.6 Å². The monoisotopic (exact) mass is 322 g/mol. The molecular weight excluding hydrogens is 296 g/mol. The molecule has 1 N–H and O–H groups in total. The minimum atomic E-state index is 0.667. The third-order valence-electron chi connectivity index (χ3n) is 6.11. The quantitative estimate of drug-likeness (QED) is 0.943. The smallest absolute Gasteiger partial charge is 0.0954 e. The molecule has 0 radical (unpaired) electrons. The van der Waals surface area contributed by atoms with Gasteiger partial charge in [0.1, 0.15) is 0 Å². The molecule has 2 saturated heterocycles. The van der Waals surface area contributed by atoms with Crippen LogP contribution in [0.1, 0.15) is 48.7 Å². The Labute approximate surface area is 143 Å². The van der Waals surface area contributed by atoms with Gasteiger partial charge in [-0.1, -0.05) is 30.3 Å². The summed E-state index contributed by atoms with van der Waals surface area (Å²) in [7, 11) is 0. The minimum Gasteiger partial charge on any atom is -0.331 e. The molecule has 1 aromatic heterocycles. The van der Waals surface area contributed by atoms with Crippen molar-refractivity contribution in [3.8, 4) is 0 Å². The molecule has 3 atom stereocenters. The molecule has 3 aliphatic rings. The van der Waals surface area contributed by atoms with Gasteiger partial charge in [0.15, 0.2) is 0 Å². The van der Waals surface area contributed by atoms with Crippen LogP contribution in [0.15, 0.2) is 36.7 Å². The van der Waals surface area contributed by atoms with Gasteiger partial charge in [0.05, 0.1) is 12.0 Å². The Hall–Kier alpha value is -1.65. The van der Waals surface area contributed by atoms with Crippen molar-refractivity contribution in [2.24, 2.45) is 0 Å². The van der Waals surface area contributed by atoms with Gasteiger partial charge in [0, 0.05) is 49.9 Å². The van der Waals surface area contributed by atoms with E-state index in [-0.39, 0.29) is 0 Å². The number of aromatic nitrogens is 2. The van der Waals surface area contributed by atoms with Crippen molar-refractivity contribution in [1.29, 1.82) is 0 Å². The van der Waals surface area contributed by atoms with Gasteiger partial charge in [-0.25, -0.2) is 4.98 Å². The molecule has 4 heteroatoms. The second-order valence-corrected chi connectivity index (χ2v) is 7.75. The van der Waals surface area contributed by atoms with Crippen LogP contribution in [0.5, 0.6) is 0 Å². The third kappa shape index (κ3) is 2.68. The molecule has 0 saturated carbocycles. The average molecular weight is 322 g/mol. The number of nitrogens with zero attached hydrogens (tertiary/aromatic N) is 3. The van der Waals surface area contributed by atoms with Crippen LogP contribution in [0, 0.1) is 0 Å². The average Bonchev–Trinajstić information content (AvgIpc) is 3.18. The van der Waals surface area contributed by atoms with E-state index in [4.69, 9.17) is 4.98 Å². The third-order valence-corrected chi connectivity index (χ3v) is 6.11. The Bertz CT molecular complexity index is 696. The molecule has 0 amide bonds. The van der Waals surface area contributed by atoms with Crippen molar-refractivity contribution in [3.63, 3.8) is 0 Å². The molecule has 0 aliphatic carbocycles. The van der Waals surface area contributed by atoms with Crippen LogP contribution in [-0.2, 0) is 19.5 Å². The SMILES string of the molecule is c1ccc(CN2CCc3c(ncn3C3C[C@H]4CC[C@@H](C3)N4)C2)cc1. The van der Waals surface area contributed by atoms with E-state index in [9.17, 15) is 0 Å². The number of hydrogen-bond donors (Lipinski definition) is 1. The standard InChI is InChI=1S/C20H26N4/c1-2-4-15(5-3-1)12-23-9-8-20-19(13-23)21-14-24(20)18-10-16-6-7-17(11-18)22-16/h1-5,14,16-18,22H,6-13H2/t16-,17+,18?. The Morgan fingerprint density at radius 3 is 2.67 bits per heavy atom. The van der Waals surface area contributed by atoms with E-state index in [1.807, 2.05) is 0 Å². The summed E-state index contributed by atoms with van der Waals surface area (Å²) in [6, 6.07) is 12.9. The van der Waals surface area contributed by atoms with Crippen LogP contribution >= 0.6 is 0 Å². The highest BCUT2D eigenvalue weighted by molar-refractivity contribution is 5.20. The highest BCUT2D eigenvalue weighted by atomic mass is 15.2. The molecular formula is C20H26N4. The molecule has 2 bridgehead atoms. The molecule has 126 valence electrons. The van der Waals surface area contributed by atoms with Gasteiger partial charge in [-0.15, -0.1) is 0 Å². The molecule has 2 aromatic rings. The number of benzene rings is 1. The summed E-state index contributed by atoms with van der Waals surface area (Å²) >= 11 is 0. The zero-order chi connectivity index (χ0) is 15.9. The van der Waals surface area contributed by atoms with Gasteiger partial charge in [-0.05, 0) is 31.2 Å². The van der Waals surface area contributed by atoms with Crippen LogP contribution in [0.25, 0.3) is 0 Å². The van der Waals surface area contributed by atoms with Gasteiger partial charge >= 0.3 is 0 Å². The van der Waals surface area contributed by atoms with Crippen molar-refractivity contribution in [2.45, 2.75) is 63.3 Å². The summed E-state index contributed by atoms with van der Waals surface area (Å²) in [5.74, 6) is 0. The predicted octanol–water partition coefficient (Wildman–Crippen LogP) is 2.90. The highest BCUT2D eigenvalue weighted by Crippen LogP contribution is 2.35. The van der Waals surface area contributed by atoms with Crippen LogP contribution in [0.4, 0.5) is 0 Å². The molecule has 4 nitrogen and oxygen atoms in total. The first-order chi connectivity index (χ1) is 11.8. The maximum absolute atomic E-state index is 4.80. The fourth-order valence-electron chi connectivity index (χ4n) is 4.93. The Morgan fingerprint density at radius 2 is 1.88 bits per heavy atom. The van der Waals surface area contributed by atoms with E-state index in [0.29, 0.717) is 6.04 Å². The molecule has 5 rings (SSSR count). The Kier molecular flexibility index (Phi) is 3.68. The first kappa shape index (κ1) is 14.7. The van der Waals surface area contributed by atoms with E-state index in [2.05, 4.69) is 51.4 Å². The second kappa shape index (κ2) is 6.01. The summed E-state index contributed by atoms with van der Waals surface area (Å²) < 4.78 is 2.53. The molecule has 0 spiro atoms. The van der Waals surface area contributed by atoms with Gasteiger partial charge < -0.3 is 9.88 Å². The van der Waals surface area contributed by atoms with Crippen molar-refractivity contribution in [1.82, 2.24) is 19.8 Å². The van der Waals surface area contributed by atoms with Gasteiger partial charge in [0.25, 0.3) is 0 Å². The molecule has 4 heterocycles. The number of fused-ring (bicyclic) bond motifs is 3. The summed E-state index contributed by atoms with van der Waals surface area (Å²) in [6.07, 6.45) is 8.57. The van der Waals surface area contributed by atoms with Crippen molar-refractivity contribution >= 4 is 0 Å². The first-order valence-corrected chi connectivity index (χ1v) is 9.42. The summed E-state index contributed by atoms with van der Waals surface area (Å²) in [5.41, 5.74) is 4.21. The fourth-order valence-corrected chi connectivity index (χ4v) is 4.93. The Morgan fingerprint density at radius 1 is 1.08 bits per heavy atom. The number of piperidine rings is 1. The molecule has 1 unspecified atom stereocenters. The predicted molar refractivity (Wildman–Crippen MR) is 94.7 cm³/mol. The van der Waals surface area contributed by atoms with Gasteiger partial charge in [-0.3, -0.25) is 4.90 Å². The zero-order valence-electron chi connectivity index (χ0n) is 14.2. The number of nitrogens with one attached hydrogen (secondary N) is 1. The molecule has 24 heavy (non-hydrogen) atoms. The largest absolute Gasteiger partial charge is 0.331 e. The zero-order valence-corrected chi connectivity index (χ0v) is 14.2. The van der Waals surface area contributed by atoms with Crippen molar-refractivity contribution in [3.05, 3.63) is 53.6 Å². The van der Waals surface area contributed by atoms with Crippen molar-refractivity contribution in [2.75, 3.05) is 6.54 Å². The van der Waals surface area contributed by atoms with Crippen LogP contribution in [0.2, 0.25) is 0 Å². The van der Waals surface area contributed by atoms with E-state index in [1.54, 1.807) is 0 Å². The van der Waals surface area contributed by atoms with E-state index < -0.39 is 0 Å². The lowest BCUT2D eigenvalue weighted by Crippen LogP contribution is -2.39. The highest BCUT2D eigenvalue weighted by Gasteiger charge is 2.35. The van der Waals surface area contributed by atoms with E-state index in [0.717, 1.165) is 38.1 Å². The topological polar surface area (TPSA) is 33.1 Å². The lowest BCUT2D eigenvalue weighted by Gasteiger charge is -2.33. The maximum Gasteiger partial charge on any atom is 0.0954 e. The van der Waals surface area contributed by atoms with E-state index >= 15 is 0 Å². The summed E-state index contributed by atoms with van der Waals surface area (Å²) in [6.45, 7) is 3.17. The van der Waals surface area contributed by atoms with Crippen molar-refractivity contribution < 1.29 is 0 Å². The van der Waals surface area contributed by atoms with Crippen LogP contribution < -0.4 is 5.32 Å². The first-order valence-electron chi connectivity index (χ1n) is 9.42. The lowest BCUT2D eigenvalue weighted by atomic mass is 9.98. The minimum absolute atomic E-state index is 0.667. The summed E-state index contributed by atoms with van der Waals surface area (Å²) in [5, 5.41) is 3.75. The number of imidazole rings is 1. The van der Waals surface area contributed by atoms with Crippen LogP contribution in [-0.4, -0.2) is 33.1 Å². The van der Waals surface area contributed by atoms with Crippen LogP contribution in [0.3, 0.4) is 0 Å². The van der Waals surface area contributed by atoms with Gasteiger partial charge in [0.2, 0.25) is 0 Å². The Balaban J connectivity index is 1.31. The lowest BCUT2D eigenvalue weighted by molar-refractivity contribution is 0.233. The fraction of sp³-hybridized carbons (Fsp3) is 0.550.